The van der Waals surface area contributed by atoms with Crippen LogP contribution in [0.2, 0.25) is 0 Å². The van der Waals surface area contributed by atoms with Crippen LogP contribution in [0.1, 0.15) is 55.5 Å². The molecule has 1 fully saturated rings. The van der Waals surface area contributed by atoms with E-state index in [9.17, 15) is 9.59 Å². The molecule has 1 heterocycles. The molecule has 4 rings (SSSR count). The van der Waals surface area contributed by atoms with Crippen LogP contribution in [0.5, 0.6) is 5.75 Å². The predicted molar refractivity (Wildman–Crippen MR) is 115 cm³/mol. The first-order valence-corrected chi connectivity index (χ1v) is 10.5. The van der Waals surface area contributed by atoms with Crippen LogP contribution >= 0.6 is 0 Å². The SMILES string of the molecule is CC(C)Oc1ccc(C(=O)Nc2ccc3c(c2)CCN3C(=O)C2CCCC2)cc1. The Balaban J connectivity index is 1.43. The lowest BCUT2D eigenvalue weighted by Crippen LogP contribution is -2.33. The van der Waals surface area contributed by atoms with Crippen molar-refractivity contribution in [1.29, 1.82) is 0 Å². The third-order valence-electron chi connectivity index (χ3n) is 5.69. The largest absolute Gasteiger partial charge is 0.491 e. The molecule has 0 radical (unpaired) electrons. The summed E-state index contributed by atoms with van der Waals surface area (Å²) < 4.78 is 5.62. The Bertz CT molecular complexity index is 899. The van der Waals surface area contributed by atoms with Crippen LogP contribution < -0.4 is 15.0 Å². The van der Waals surface area contributed by atoms with Gasteiger partial charge in [-0.2, -0.15) is 0 Å². The Labute approximate surface area is 172 Å². The van der Waals surface area contributed by atoms with E-state index in [-0.39, 0.29) is 23.8 Å². The fraction of sp³-hybridized carbons (Fsp3) is 0.417. The molecule has 1 saturated carbocycles. The summed E-state index contributed by atoms with van der Waals surface area (Å²) in [6, 6.07) is 13.0. The monoisotopic (exact) mass is 392 g/mol. The highest BCUT2D eigenvalue weighted by Gasteiger charge is 2.31. The number of carbonyl (C=O) groups excluding carboxylic acids is 2. The van der Waals surface area contributed by atoms with Gasteiger partial charge in [0.05, 0.1) is 6.10 Å². The molecule has 2 aliphatic rings. The first-order valence-electron chi connectivity index (χ1n) is 10.5. The maximum Gasteiger partial charge on any atom is 0.255 e. The van der Waals surface area contributed by atoms with Crippen molar-refractivity contribution in [1.82, 2.24) is 0 Å². The van der Waals surface area contributed by atoms with Crippen molar-refractivity contribution in [2.24, 2.45) is 5.92 Å². The quantitative estimate of drug-likeness (QED) is 0.795. The zero-order valence-corrected chi connectivity index (χ0v) is 17.1. The zero-order chi connectivity index (χ0) is 20.4. The topological polar surface area (TPSA) is 58.6 Å². The average molecular weight is 392 g/mol. The van der Waals surface area contributed by atoms with Crippen LogP contribution in [0, 0.1) is 5.92 Å². The second kappa shape index (κ2) is 8.27. The van der Waals surface area contributed by atoms with Gasteiger partial charge in [-0.05, 0) is 81.1 Å². The number of fused-ring (bicyclic) bond motifs is 1. The fourth-order valence-corrected chi connectivity index (χ4v) is 4.26. The molecule has 0 spiro atoms. The van der Waals surface area contributed by atoms with E-state index in [1.807, 2.05) is 49.1 Å². The van der Waals surface area contributed by atoms with E-state index in [1.165, 1.54) is 0 Å². The lowest BCUT2D eigenvalue weighted by atomic mass is 10.1. The molecule has 5 heteroatoms. The molecule has 1 aliphatic carbocycles. The molecule has 2 aromatic rings. The molecule has 0 bridgehead atoms. The molecule has 0 unspecified atom stereocenters. The maximum atomic E-state index is 12.8. The van der Waals surface area contributed by atoms with Gasteiger partial charge in [0.25, 0.3) is 5.91 Å². The van der Waals surface area contributed by atoms with Crippen LogP contribution in [0.15, 0.2) is 42.5 Å². The summed E-state index contributed by atoms with van der Waals surface area (Å²) in [6.45, 7) is 4.67. The number of anilines is 2. The van der Waals surface area contributed by atoms with Gasteiger partial charge in [-0.3, -0.25) is 9.59 Å². The van der Waals surface area contributed by atoms with E-state index in [2.05, 4.69) is 5.32 Å². The van der Waals surface area contributed by atoms with Crippen molar-refractivity contribution in [3.05, 3.63) is 53.6 Å². The van der Waals surface area contributed by atoms with Crippen LogP contribution in [0.4, 0.5) is 11.4 Å². The third-order valence-corrected chi connectivity index (χ3v) is 5.69. The minimum atomic E-state index is -0.155. The molecule has 2 aromatic carbocycles. The summed E-state index contributed by atoms with van der Waals surface area (Å²) in [5, 5.41) is 2.96. The molecule has 1 aliphatic heterocycles. The summed E-state index contributed by atoms with van der Waals surface area (Å²) in [6.07, 6.45) is 5.28. The molecule has 0 atom stereocenters. The number of hydrogen-bond donors (Lipinski definition) is 1. The third kappa shape index (κ3) is 4.29. The maximum absolute atomic E-state index is 12.8. The number of amides is 2. The number of nitrogens with one attached hydrogen (secondary N) is 1. The van der Waals surface area contributed by atoms with Gasteiger partial charge in [-0.25, -0.2) is 0 Å². The van der Waals surface area contributed by atoms with Gasteiger partial charge in [0, 0.05) is 29.4 Å². The van der Waals surface area contributed by atoms with Gasteiger partial charge in [0.1, 0.15) is 5.75 Å². The lowest BCUT2D eigenvalue weighted by Gasteiger charge is -2.21. The van der Waals surface area contributed by atoms with E-state index in [0.717, 1.165) is 61.3 Å². The van der Waals surface area contributed by atoms with Crippen LogP contribution in [-0.4, -0.2) is 24.5 Å². The molecule has 5 nitrogen and oxygen atoms in total. The zero-order valence-electron chi connectivity index (χ0n) is 17.1. The Morgan fingerprint density at radius 2 is 1.79 bits per heavy atom. The van der Waals surface area contributed by atoms with Gasteiger partial charge in [0.2, 0.25) is 5.91 Å². The molecular weight excluding hydrogens is 364 g/mol. The number of benzene rings is 2. The molecule has 2 amide bonds. The number of nitrogens with zero attached hydrogens (tertiary/aromatic N) is 1. The van der Waals surface area contributed by atoms with Crippen molar-refractivity contribution in [2.75, 3.05) is 16.8 Å². The van der Waals surface area contributed by atoms with Crippen LogP contribution in [-0.2, 0) is 11.2 Å². The molecule has 29 heavy (non-hydrogen) atoms. The Kier molecular flexibility index (Phi) is 5.56. The van der Waals surface area contributed by atoms with Gasteiger partial charge in [0.15, 0.2) is 0 Å². The predicted octanol–water partition coefficient (Wildman–Crippen LogP) is 4.81. The van der Waals surface area contributed by atoms with E-state index in [0.29, 0.717) is 5.56 Å². The number of rotatable bonds is 5. The standard InChI is InChI=1S/C24H28N2O3/c1-16(2)29-21-10-7-17(8-11-21)23(27)25-20-9-12-22-19(15-20)13-14-26(22)24(28)18-5-3-4-6-18/h7-12,15-16,18H,3-6,13-14H2,1-2H3,(H,25,27). The molecule has 152 valence electrons. The van der Waals surface area contributed by atoms with Gasteiger partial charge >= 0.3 is 0 Å². The summed E-state index contributed by atoms with van der Waals surface area (Å²) in [4.78, 5) is 27.3. The number of carbonyl (C=O) groups is 2. The van der Waals surface area contributed by atoms with Gasteiger partial charge in [-0.15, -0.1) is 0 Å². The second-order valence-corrected chi connectivity index (χ2v) is 8.21. The van der Waals surface area contributed by atoms with E-state index >= 15 is 0 Å². The van der Waals surface area contributed by atoms with E-state index in [1.54, 1.807) is 12.1 Å². The lowest BCUT2D eigenvalue weighted by molar-refractivity contribution is -0.122. The Morgan fingerprint density at radius 1 is 1.07 bits per heavy atom. The van der Waals surface area contributed by atoms with Crippen molar-refractivity contribution in [3.63, 3.8) is 0 Å². The normalized spacial score (nSPS) is 16.2. The smallest absolute Gasteiger partial charge is 0.255 e. The van der Waals surface area contributed by atoms with Crippen molar-refractivity contribution in [2.45, 2.75) is 52.1 Å². The molecule has 0 aromatic heterocycles. The van der Waals surface area contributed by atoms with E-state index in [4.69, 9.17) is 4.74 Å². The molecule has 1 N–H and O–H groups in total. The van der Waals surface area contributed by atoms with Crippen LogP contribution in [0.3, 0.4) is 0 Å². The van der Waals surface area contributed by atoms with Crippen molar-refractivity contribution >= 4 is 23.2 Å². The van der Waals surface area contributed by atoms with Gasteiger partial charge in [-0.1, -0.05) is 12.8 Å². The van der Waals surface area contributed by atoms with Crippen molar-refractivity contribution < 1.29 is 14.3 Å². The fourth-order valence-electron chi connectivity index (χ4n) is 4.26. The highest BCUT2D eigenvalue weighted by atomic mass is 16.5. The molecular formula is C24H28N2O3. The summed E-state index contributed by atoms with van der Waals surface area (Å²) in [5.41, 5.74) is 3.45. The summed E-state index contributed by atoms with van der Waals surface area (Å²) in [5.74, 6) is 1.05. The Morgan fingerprint density at radius 3 is 2.48 bits per heavy atom. The minimum Gasteiger partial charge on any atom is -0.491 e. The summed E-state index contributed by atoms with van der Waals surface area (Å²) >= 11 is 0. The van der Waals surface area contributed by atoms with E-state index < -0.39 is 0 Å². The second-order valence-electron chi connectivity index (χ2n) is 8.21. The van der Waals surface area contributed by atoms with Crippen molar-refractivity contribution in [3.8, 4) is 5.75 Å². The molecule has 0 saturated heterocycles. The average Bonchev–Trinajstić information content (AvgIpc) is 3.37. The number of ether oxygens (including phenoxy) is 1. The van der Waals surface area contributed by atoms with Gasteiger partial charge < -0.3 is 15.0 Å². The Hall–Kier alpha value is -2.82. The highest BCUT2D eigenvalue weighted by Crippen LogP contribution is 2.35. The first kappa shape index (κ1) is 19.5. The highest BCUT2D eigenvalue weighted by molar-refractivity contribution is 6.05. The van der Waals surface area contributed by atoms with Crippen LogP contribution in [0.25, 0.3) is 0 Å². The summed E-state index contributed by atoms with van der Waals surface area (Å²) in [7, 11) is 0. The minimum absolute atomic E-state index is 0.0983. The number of hydrogen-bond acceptors (Lipinski definition) is 3. The first-order chi connectivity index (χ1) is 14.0.